The minimum Gasteiger partial charge on any atom is -0.750 e. The highest BCUT2D eigenvalue weighted by Gasteiger charge is 1.87. The average Bonchev–Trinajstić information content (AvgIpc) is 1.96. The van der Waals surface area contributed by atoms with E-state index >= 15 is 0 Å². The lowest BCUT2D eigenvalue weighted by Crippen LogP contribution is -2.02. The molecule has 0 aliphatic carbocycles. The van der Waals surface area contributed by atoms with Crippen LogP contribution in [0.1, 0.15) is 6.42 Å². The quantitative estimate of drug-likeness (QED) is 0.321. The molecule has 1 unspecified atom stereocenters. The Kier molecular flexibility index (Phi) is 7.41. The minimum atomic E-state index is -2.42. The van der Waals surface area contributed by atoms with Crippen LogP contribution >= 0.6 is 0 Å². The van der Waals surface area contributed by atoms with Gasteiger partial charge < -0.3 is 13.5 Å². The number of rotatable bonds is 6. The van der Waals surface area contributed by atoms with E-state index in [4.69, 9.17) is 11.2 Å². The first-order valence-electron chi connectivity index (χ1n) is 3.01. The summed E-state index contributed by atoms with van der Waals surface area (Å²) in [5, 5.41) is 0. The summed E-state index contributed by atoms with van der Waals surface area (Å²) in [6.07, 6.45) is 5.41. The molecule has 0 saturated heterocycles. The highest BCUT2D eigenvalue weighted by atomic mass is 32.2. The monoisotopic (exact) mass is 177 g/mol. The van der Waals surface area contributed by atoms with E-state index in [1.807, 2.05) is 0 Å². The van der Waals surface area contributed by atoms with Gasteiger partial charge in [0.05, 0.1) is 24.6 Å². The Morgan fingerprint density at radius 3 is 2.82 bits per heavy atom. The SMILES string of the molecule is C#CCOCCCOS(=O)[O-]. The van der Waals surface area contributed by atoms with Gasteiger partial charge in [-0.25, -0.2) is 4.21 Å². The Morgan fingerprint density at radius 1 is 1.55 bits per heavy atom. The van der Waals surface area contributed by atoms with Crippen LogP contribution in [0.3, 0.4) is 0 Å². The van der Waals surface area contributed by atoms with Crippen LogP contribution in [-0.4, -0.2) is 28.6 Å². The van der Waals surface area contributed by atoms with Crippen molar-refractivity contribution in [1.82, 2.24) is 0 Å². The lowest BCUT2D eigenvalue weighted by atomic mass is 10.5. The van der Waals surface area contributed by atoms with Gasteiger partial charge in [0.2, 0.25) is 0 Å². The summed E-state index contributed by atoms with van der Waals surface area (Å²) < 4.78 is 28.6. The average molecular weight is 177 g/mol. The van der Waals surface area contributed by atoms with Gasteiger partial charge in [0, 0.05) is 0 Å². The summed E-state index contributed by atoms with van der Waals surface area (Å²) in [6, 6.07) is 0. The highest BCUT2D eigenvalue weighted by molar-refractivity contribution is 7.74. The molecule has 0 radical (unpaired) electrons. The number of terminal acetylenes is 1. The molecule has 4 nitrogen and oxygen atoms in total. The third kappa shape index (κ3) is 9.59. The molecular weight excluding hydrogens is 168 g/mol. The second-order valence-corrected chi connectivity index (χ2v) is 2.28. The molecule has 1 atom stereocenters. The summed E-state index contributed by atoms with van der Waals surface area (Å²) in [4.78, 5) is 0. The summed E-state index contributed by atoms with van der Waals surface area (Å²) in [5.74, 6) is 2.28. The number of ether oxygens (including phenoxy) is 1. The molecule has 0 fully saturated rings. The molecule has 64 valence electrons. The van der Waals surface area contributed by atoms with Crippen molar-refractivity contribution in [1.29, 1.82) is 0 Å². The van der Waals surface area contributed by atoms with Crippen molar-refractivity contribution in [2.45, 2.75) is 6.42 Å². The van der Waals surface area contributed by atoms with Gasteiger partial charge in [-0.15, -0.1) is 6.42 Å². The van der Waals surface area contributed by atoms with Crippen molar-refractivity contribution in [3.63, 3.8) is 0 Å². The number of hydrogen-bond acceptors (Lipinski definition) is 4. The first-order valence-corrected chi connectivity index (χ1v) is 4.01. The fourth-order valence-corrected chi connectivity index (χ4v) is 0.673. The van der Waals surface area contributed by atoms with E-state index in [1.165, 1.54) is 0 Å². The van der Waals surface area contributed by atoms with Gasteiger partial charge in [0.1, 0.15) is 6.61 Å². The molecule has 11 heavy (non-hydrogen) atoms. The predicted octanol–water partition coefficient (Wildman–Crippen LogP) is -0.163. The second-order valence-electron chi connectivity index (χ2n) is 1.64. The normalized spacial score (nSPS) is 12.4. The summed E-state index contributed by atoms with van der Waals surface area (Å²) in [6.45, 7) is 0.808. The maximum Gasteiger partial charge on any atom is 0.107 e. The molecule has 0 aromatic carbocycles. The first-order chi connectivity index (χ1) is 5.27. The summed E-state index contributed by atoms with van der Waals surface area (Å²) in [7, 11) is 0. The van der Waals surface area contributed by atoms with Crippen LogP contribution in [0.2, 0.25) is 0 Å². The maximum atomic E-state index is 9.79. The topological polar surface area (TPSA) is 58.6 Å². The van der Waals surface area contributed by atoms with Crippen LogP contribution in [0, 0.1) is 12.3 Å². The van der Waals surface area contributed by atoms with Crippen molar-refractivity contribution in [3.05, 3.63) is 0 Å². The lowest BCUT2D eigenvalue weighted by molar-refractivity contribution is 0.147. The van der Waals surface area contributed by atoms with Crippen molar-refractivity contribution >= 4 is 11.4 Å². The Labute approximate surface area is 68.4 Å². The van der Waals surface area contributed by atoms with Crippen LogP contribution in [0.25, 0.3) is 0 Å². The molecule has 0 aliphatic rings. The van der Waals surface area contributed by atoms with Crippen LogP contribution in [-0.2, 0) is 20.3 Å². The lowest BCUT2D eigenvalue weighted by Gasteiger charge is -2.04. The molecule has 0 spiro atoms. The highest BCUT2D eigenvalue weighted by Crippen LogP contribution is 1.86. The molecule has 0 rings (SSSR count). The van der Waals surface area contributed by atoms with Crippen LogP contribution in [0.5, 0.6) is 0 Å². The van der Waals surface area contributed by atoms with E-state index in [1.54, 1.807) is 0 Å². The zero-order valence-corrected chi connectivity index (χ0v) is 6.76. The molecule has 0 N–H and O–H groups in total. The van der Waals surface area contributed by atoms with Crippen molar-refractivity contribution in [2.75, 3.05) is 19.8 Å². The minimum absolute atomic E-state index is 0.140. The Morgan fingerprint density at radius 2 is 2.27 bits per heavy atom. The van der Waals surface area contributed by atoms with Gasteiger partial charge in [-0.1, -0.05) is 5.92 Å². The van der Waals surface area contributed by atoms with Crippen LogP contribution < -0.4 is 0 Å². The van der Waals surface area contributed by atoms with E-state index in [9.17, 15) is 8.76 Å². The fraction of sp³-hybridized carbons (Fsp3) is 0.667. The molecule has 0 aromatic rings. The standard InChI is InChI=1S/C6H10O4S/c1-2-4-9-5-3-6-10-11(7)8/h1H,3-6H2,(H,7,8)/p-1. The zero-order valence-electron chi connectivity index (χ0n) is 5.95. The van der Waals surface area contributed by atoms with Crippen LogP contribution in [0.4, 0.5) is 0 Å². The fourth-order valence-electron chi connectivity index (χ4n) is 0.419. The molecular formula is C6H9O4S-. The van der Waals surface area contributed by atoms with E-state index in [0.717, 1.165) is 0 Å². The third-order valence-corrected chi connectivity index (χ3v) is 1.16. The van der Waals surface area contributed by atoms with E-state index < -0.39 is 11.4 Å². The van der Waals surface area contributed by atoms with E-state index in [2.05, 4.69) is 10.1 Å². The van der Waals surface area contributed by atoms with Gasteiger partial charge in [0.25, 0.3) is 0 Å². The largest absolute Gasteiger partial charge is 0.750 e. The Balaban J connectivity index is 2.92. The molecule has 0 saturated carbocycles. The Hall–Kier alpha value is -0.410. The van der Waals surface area contributed by atoms with E-state index in [0.29, 0.717) is 13.0 Å². The second kappa shape index (κ2) is 7.69. The first kappa shape index (κ1) is 10.6. The summed E-state index contributed by atoms with van der Waals surface area (Å²) in [5.41, 5.74) is 0. The van der Waals surface area contributed by atoms with Gasteiger partial charge in [-0.2, -0.15) is 0 Å². The Bertz CT molecular complexity index is 151. The maximum absolute atomic E-state index is 9.79. The smallest absolute Gasteiger partial charge is 0.107 e. The predicted molar refractivity (Wildman–Crippen MR) is 39.1 cm³/mol. The molecule has 0 amide bonds. The van der Waals surface area contributed by atoms with Crippen LogP contribution in [0.15, 0.2) is 0 Å². The van der Waals surface area contributed by atoms with Gasteiger partial charge in [-0.05, 0) is 6.42 Å². The van der Waals surface area contributed by atoms with Crippen molar-refractivity contribution in [2.24, 2.45) is 0 Å². The molecule has 0 aromatic heterocycles. The van der Waals surface area contributed by atoms with Crippen molar-refractivity contribution < 1.29 is 17.7 Å². The number of hydrogen-bond donors (Lipinski definition) is 0. The van der Waals surface area contributed by atoms with E-state index in [-0.39, 0.29) is 13.2 Å². The molecule has 0 heterocycles. The molecule has 0 aliphatic heterocycles. The molecule has 0 bridgehead atoms. The zero-order chi connectivity index (χ0) is 8.53. The summed E-state index contributed by atoms with van der Waals surface area (Å²) >= 11 is -2.42. The van der Waals surface area contributed by atoms with Gasteiger partial charge in [-0.3, -0.25) is 0 Å². The third-order valence-electron chi connectivity index (χ3n) is 0.798. The molecule has 5 heteroatoms. The van der Waals surface area contributed by atoms with Gasteiger partial charge in [0.15, 0.2) is 0 Å². The van der Waals surface area contributed by atoms with Gasteiger partial charge >= 0.3 is 0 Å². The van der Waals surface area contributed by atoms with Crippen molar-refractivity contribution in [3.8, 4) is 12.3 Å².